The second-order valence-corrected chi connectivity index (χ2v) is 6.16. The number of hydrogen-bond acceptors (Lipinski definition) is 5. The molecular weight excluding hydrogens is 344 g/mol. The van der Waals surface area contributed by atoms with E-state index in [1.54, 1.807) is 60.9 Å². The summed E-state index contributed by atoms with van der Waals surface area (Å²) >= 11 is 0. The summed E-state index contributed by atoms with van der Waals surface area (Å²) in [6.07, 6.45) is 4.71. The van der Waals surface area contributed by atoms with Crippen LogP contribution in [0.5, 0.6) is 0 Å². The van der Waals surface area contributed by atoms with Crippen LogP contribution < -0.4 is 0 Å². The summed E-state index contributed by atoms with van der Waals surface area (Å²) in [5.74, 6) is -1.07. The highest BCUT2D eigenvalue weighted by molar-refractivity contribution is 6.46. The van der Waals surface area contributed by atoms with Gasteiger partial charge in [0.25, 0.3) is 11.7 Å². The molecule has 1 aromatic carbocycles. The number of rotatable bonds is 4. The number of likely N-dealkylation sites (tertiary alicyclic amines) is 1. The van der Waals surface area contributed by atoms with Gasteiger partial charge in [-0.05, 0) is 23.8 Å². The zero-order chi connectivity index (χ0) is 18.8. The van der Waals surface area contributed by atoms with Crippen molar-refractivity contribution in [2.24, 2.45) is 0 Å². The third-order valence-corrected chi connectivity index (χ3v) is 4.49. The molecule has 1 amide bonds. The molecule has 1 aliphatic rings. The third kappa shape index (κ3) is 3.01. The molecule has 1 fully saturated rings. The van der Waals surface area contributed by atoms with Gasteiger partial charge in [-0.1, -0.05) is 36.4 Å². The molecule has 4 rings (SSSR count). The highest BCUT2D eigenvalue weighted by Gasteiger charge is 2.46. The number of aliphatic hydroxyl groups is 1. The van der Waals surface area contributed by atoms with Crippen LogP contribution >= 0.6 is 0 Å². The molecule has 0 radical (unpaired) electrons. The van der Waals surface area contributed by atoms with E-state index in [1.165, 1.54) is 11.2 Å². The van der Waals surface area contributed by atoms with Crippen molar-refractivity contribution < 1.29 is 19.1 Å². The van der Waals surface area contributed by atoms with Gasteiger partial charge in [0.1, 0.15) is 11.5 Å². The predicted molar refractivity (Wildman–Crippen MR) is 97.2 cm³/mol. The lowest BCUT2D eigenvalue weighted by molar-refractivity contribution is -0.140. The minimum atomic E-state index is -0.746. The summed E-state index contributed by atoms with van der Waals surface area (Å²) in [5.41, 5.74) is 1.16. The van der Waals surface area contributed by atoms with Crippen molar-refractivity contribution in [1.82, 2.24) is 9.88 Å². The van der Waals surface area contributed by atoms with Crippen molar-refractivity contribution in [1.29, 1.82) is 0 Å². The average Bonchev–Trinajstić information content (AvgIpc) is 3.31. The van der Waals surface area contributed by atoms with E-state index in [0.29, 0.717) is 16.9 Å². The van der Waals surface area contributed by atoms with Crippen molar-refractivity contribution in [3.05, 3.63) is 95.7 Å². The van der Waals surface area contributed by atoms with Crippen LogP contribution in [-0.4, -0.2) is 26.7 Å². The van der Waals surface area contributed by atoms with E-state index in [2.05, 4.69) is 4.98 Å². The Morgan fingerprint density at radius 2 is 1.89 bits per heavy atom. The SMILES string of the molecule is O=C1C(=O)N(Cc2ccco2)[C@@H](c2cccnc2)C1=C(O)c1ccccc1. The minimum Gasteiger partial charge on any atom is -0.507 e. The van der Waals surface area contributed by atoms with Crippen LogP contribution in [0, 0.1) is 0 Å². The molecule has 1 saturated heterocycles. The Labute approximate surface area is 155 Å². The van der Waals surface area contributed by atoms with Crippen LogP contribution in [0.15, 0.2) is 83.2 Å². The van der Waals surface area contributed by atoms with Crippen LogP contribution in [0.3, 0.4) is 0 Å². The lowest BCUT2D eigenvalue weighted by Crippen LogP contribution is -2.29. The van der Waals surface area contributed by atoms with Crippen LogP contribution in [0.2, 0.25) is 0 Å². The van der Waals surface area contributed by atoms with Crippen molar-refractivity contribution in [3.8, 4) is 0 Å². The van der Waals surface area contributed by atoms with E-state index in [9.17, 15) is 14.7 Å². The quantitative estimate of drug-likeness (QED) is 0.438. The Kier molecular flexibility index (Phi) is 4.30. The molecule has 1 atom stereocenters. The predicted octanol–water partition coefficient (Wildman–Crippen LogP) is 3.30. The number of aromatic nitrogens is 1. The third-order valence-electron chi connectivity index (χ3n) is 4.49. The Hall–Kier alpha value is -3.67. The second kappa shape index (κ2) is 6.92. The first kappa shape index (κ1) is 16.8. The first-order valence-electron chi connectivity index (χ1n) is 8.43. The Bertz CT molecular complexity index is 995. The molecule has 0 aliphatic carbocycles. The monoisotopic (exact) mass is 360 g/mol. The Balaban J connectivity index is 1.86. The van der Waals surface area contributed by atoms with E-state index in [1.807, 2.05) is 6.07 Å². The molecule has 134 valence electrons. The maximum Gasteiger partial charge on any atom is 0.296 e. The van der Waals surface area contributed by atoms with Crippen molar-refractivity contribution >= 4 is 17.4 Å². The lowest BCUT2D eigenvalue weighted by atomic mass is 9.96. The normalized spacial score (nSPS) is 18.8. The van der Waals surface area contributed by atoms with Gasteiger partial charge in [0.05, 0.1) is 24.4 Å². The van der Waals surface area contributed by atoms with Gasteiger partial charge in [-0.15, -0.1) is 0 Å². The molecule has 0 bridgehead atoms. The summed E-state index contributed by atoms with van der Waals surface area (Å²) in [5, 5.41) is 10.8. The maximum absolute atomic E-state index is 12.8. The van der Waals surface area contributed by atoms with E-state index < -0.39 is 17.7 Å². The number of aliphatic hydroxyl groups excluding tert-OH is 1. The van der Waals surface area contributed by atoms with Gasteiger partial charge >= 0.3 is 0 Å². The zero-order valence-corrected chi connectivity index (χ0v) is 14.3. The number of pyridine rings is 1. The second-order valence-electron chi connectivity index (χ2n) is 6.16. The van der Waals surface area contributed by atoms with Gasteiger partial charge in [-0.25, -0.2) is 0 Å². The molecule has 0 saturated carbocycles. The Morgan fingerprint density at radius 3 is 2.56 bits per heavy atom. The lowest BCUT2D eigenvalue weighted by Gasteiger charge is -2.24. The zero-order valence-electron chi connectivity index (χ0n) is 14.3. The maximum atomic E-state index is 12.8. The number of benzene rings is 1. The number of hydrogen-bond donors (Lipinski definition) is 1. The fourth-order valence-electron chi connectivity index (χ4n) is 3.25. The Morgan fingerprint density at radius 1 is 1.07 bits per heavy atom. The number of ketones is 1. The van der Waals surface area contributed by atoms with Crippen molar-refractivity contribution in [2.45, 2.75) is 12.6 Å². The van der Waals surface area contributed by atoms with Gasteiger partial charge < -0.3 is 14.4 Å². The minimum absolute atomic E-state index is 0.0470. The average molecular weight is 360 g/mol. The summed E-state index contributed by atoms with van der Waals surface area (Å²) < 4.78 is 5.34. The van der Waals surface area contributed by atoms with Gasteiger partial charge in [-0.3, -0.25) is 14.6 Å². The van der Waals surface area contributed by atoms with E-state index in [4.69, 9.17) is 4.42 Å². The molecule has 1 aliphatic heterocycles. The van der Waals surface area contributed by atoms with Gasteiger partial charge in [0, 0.05) is 18.0 Å². The number of carbonyl (C=O) groups excluding carboxylic acids is 2. The fraction of sp³-hybridized carbons (Fsp3) is 0.0952. The van der Waals surface area contributed by atoms with Crippen molar-refractivity contribution in [3.63, 3.8) is 0 Å². The molecule has 6 heteroatoms. The van der Waals surface area contributed by atoms with Crippen LogP contribution in [0.1, 0.15) is 22.9 Å². The number of amides is 1. The summed E-state index contributed by atoms with van der Waals surface area (Å²) in [4.78, 5) is 31.0. The smallest absolute Gasteiger partial charge is 0.296 e. The molecule has 0 unspecified atom stereocenters. The summed E-state index contributed by atoms with van der Waals surface area (Å²) in [7, 11) is 0. The molecule has 2 aromatic heterocycles. The molecule has 27 heavy (non-hydrogen) atoms. The van der Waals surface area contributed by atoms with E-state index >= 15 is 0 Å². The fourth-order valence-corrected chi connectivity index (χ4v) is 3.25. The van der Waals surface area contributed by atoms with E-state index in [-0.39, 0.29) is 17.9 Å². The van der Waals surface area contributed by atoms with Crippen LogP contribution in [0.25, 0.3) is 5.76 Å². The number of carbonyl (C=O) groups is 2. The number of Topliss-reactive ketones (excluding diaryl/α,β-unsaturated/α-hetero) is 1. The molecular formula is C21H16N2O4. The first-order valence-corrected chi connectivity index (χ1v) is 8.43. The molecule has 1 N–H and O–H groups in total. The van der Waals surface area contributed by atoms with Crippen molar-refractivity contribution in [2.75, 3.05) is 0 Å². The molecule has 6 nitrogen and oxygen atoms in total. The molecule has 3 heterocycles. The number of furan rings is 1. The summed E-state index contributed by atoms with van der Waals surface area (Å²) in [6.45, 7) is 0.114. The van der Waals surface area contributed by atoms with Gasteiger partial charge in [0.15, 0.2) is 0 Å². The summed E-state index contributed by atoms with van der Waals surface area (Å²) in [6, 6.07) is 14.9. The topological polar surface area (TPSA) is 83.6 Å². The highest BCUT2D eigenvalue weighted by Crippen LogP contribution is 2.39. The highest BCUT2D eigenvalue weighted by atomic mass is 16.3. The van der Waals surface area contributed by atoms with Gasteiger partial charge in [0.2, 0.25) is 0 Å². The largest absolute Gasteiger partial charge is 0.507 e. The van der Waals surface area contributed by atoms with Crippen LogP contribution in [0.4, 0.5) is 0 Å². The number of nitrogens with zero attached hydrogens (tertiary/aromatic N) is 2. The standard InChI is InChI=1S/C21H16N2O4/c24-19(14-6-2-1-3-7-14)17-18(15-8-4-10-22-12-15)23(21(26)20(17)25)13-16-9-5-11-27-16/h1-12,18,24H,13H2/t18-/m0/s1. The molecule has 3 aromatic rings. The first-order chi connectivity index (χ1) is 13.2. The molecule has 0 spiro atoms. The van der Waals surface area contributed by atoms with Gasteiger partial charge in [-0.2, -0.15) is 0 Å². The van der Waals surface area contributed by atoms with Crippen LogP contribution in [-0.2, 0) is 16.1 Å². The van der Waals surface area contributed by atoms with E-state index in [0.717, 1.165) is 0 Å².